The van der Waals surface area contributed by atoms with Crippen molar-refractivity contribution in [3.8, 4) is 5.75 Å². The maximum Gasteiger partial charge on any atom is 0.137 e. The summed E-state index contributed by atoms with van der Waals surface area (Å²) in [4.78, 5) is 4.31. The van der Waals surface area contributed by atoms with Gasteiger partial charge in [0.1, 0.15) is 5.75 Å². The van der Waals surface area contributed by atoms with Crippen LogP contribution in [0.4, 0.5) is 0 Å². The lowest BCUT2D eigenvalue weighted by molar-refractivity contribution is 0.314. The molecule has 1 aromatic rings. The second-order valence-electron chi connectivity index (χ2n) is 4.69. The van der Waals surface area contributed by atoms with Crippen LogP contribution in [0, 0.1) is 5.92 Å². The van der Waals surface area contributed by atoms with Crippen LogP contribution in [0.15, 0.2) is 18.5 Å². The van der Waals surface area contributed by atoms with Crippen LogP contribution in [0.5, 0.6) is 5.75 Å². The van der Waals surface area contributed by atoms with Crippen LogP contribution in [-0.2, 0) is 0 Å². The van der Waals surface area contributed by atoms with Gasteiger partial charge >= 0.3 is 0 Å². The van der Waals surface area contributed by atoms with Crippen LogP contribution in [-0.4, -0.2) is 30.1 Å². The SMILES string of the molecule is CCCOc1cncc(C(NC)C2CCSC2)c1. The Morgan fingerprint density at radius 3 is 3.11 bits per heavy atom. The summed E-state index contributed by atoms with van der Waals surface area (Å²) in [5, 5.41) is 3.43. The Hall–Kier alpha value is -0.740. The highest BCUT2D eigenvalue weighted by Gasteiger charge is 2.25. The molecule has 1 aliphatic heterocycles. The van der Waals surface area contributed by atoms with E-state index in [9.17, 15) is 0 Å². The molecule has 0 saturated carbocycles. The lowest BCUT2D eigenvalue weighted by Crippen LogP contribution is -2.25. The van der Waals surface area contributed by atoms with E-state index in [0.717, 1.165) is 18.8 Å². The zero-order valence-corrected chi connectivity index (χ0v) is 12.0. The van der Waals surface area contributed by atoms with E-state index in [0.29, 0.717) is 12.0 Å². The van der Waals surface area contributed by atoms with Crippen molar-refractivity contribution in [3.05, 3.63) is 24.0 Å². The third-order valence-corrected chi connectivity index (χ3v) is 4.50. The van der Waals surface area contributed by atoms with Crippen molar-refractivity contribution in [2.24, 2.45) is 5.92 Å². The van der Waals surface area contributed by atoms with E-state index in [-0.39, 0.29) is 0 Å². The number of rotatable bonds is 6. The number of aromatic nitrogens is 1. The molecule has 100 valence electrons. The van der Waals surface area contributed by atoms with Crippen LogP contribution < -0.4 is 10.1 Å². The predicted molar refractivity (Wildman–Crippen MR) is 77.3 cm³/mol. The smallest absolute Gasteiger partial charge is 0.137 e. The van der Waals surface area contributed by atoms with Gasteiger partial charge in [-0.2, -0.15) is 11.8 Å². The molecule has 0 radical (unpaired) electrons. The van der Waals surface area contributed by atoms with Gasteiger partial charge in [0, 0.05) is 12.2 Å². The Morgan fingerprint density at radius 1 is 1.56 bits per heavy atom. The Balaban J connectivity index is 2.09. The predicted octanol–water partition coefficient (Wildman–Crippen LogP) is 2.88. The van der Waals surface area contributed by atoms with E-state index < -0.39 is 0 Å². The highest BCUT2D eigenvalue weighted by molar-refractivity contribution is 7.99. The van der Waals surface area contributed by atoms with Crippen LogP contribution in [0.1, 0.15) is 31.4 Å². The van der Waals surface area contributed by atoms with Gasteiger partial charge in [-0.1, -0.05) is 6.92 Å². The maximum absolute atomic E-state index is 5.66. The molecule has 1 fully saturated rings. The summed E-state index contributed by atoms with van der Waals surface area (Å²) in [6.07, 6.45) is 6.08. The summed E-state index contributed by atoms with van der Waals surface area (Å²) >= 11 is 2.05. The fraction of sp³-hybridized carbons (Fsp3) is 0.643. The van der Waals surface area contributed by atoms with Gasteiger partial charge in [0.25, 0.3) is 0 Å². The molecule has 3 nitrogen and oxygen atoms in total. The first-order valence-corrected chi connectivity index (χ1v) is 7.83. The van der Waals surface area contributed by atoms with Crippen LogP contribution in [0.3, 0.4) is 0 Å². The number of thioether (sulfide) groups is 1. The summed E-state index contributed by atoms with van der Waals surface area (Å²) in [7, 11) is 2.03. The Bertz CT molecular complexity index is 367. The maximum atomic E-state index is 5.66. The molecule has 4 heteroatoms. The van der Waals surface area contributed by atoms with Gasteiger partial charge < -0.3 is 10.1 Å². The minimum absolute atomic E-state index is 0.401. The van der Waals surface area contributed by atoms with Crippen molar-refractivity contribution in [2.75, 3.05) is 25.2 Å². The van der Waals surface area contributed by atoms with Gasteiger partial charge in [0.2, 0.25) is 0 Å². The molecule has 0 aliphatic carbocycles. The van der Waals surface area contributed by atoms with Crippen molar-refractivity contribution < 1.29 is 4.74 Å². The van der Waals surface area contributed by atoms with Crippen molar-refractivity contribution >= 4 is 11.8 Å². The summed E-state index contributed by atoms with van der Waals surface area (Å²) < 4.78 is 5.66. The van der Waals surface area contributed by atoms with Crippen molar-refractivity contribution in [1.82, 2.24) is 10.3 Å². The molecule has 2 rings (SSSR count). The van der Waals surface area contributed by atoms with Gasteiger partial charge in [-0.05, 0) is 48.9 Å². The molecule has 1 saturated heterocycles. The van der Waals surface area contributed by atoms with Gasteiger partial charge in [0.05, 0.1) is 12.8 Å². The number of hydrogen-bond donors (Lipinski definition) is 1. The molecule has 0 spiro atoms. The normalized spacial score (nSPS) is 20.9. The molecule has 0 aromatic carbocycles. The average Bonchev–Trinajstić information content (AvgIpc) is 2.92. The number of ether oxygens (including phenoxy) is 1. The molecule has 0 amide bonds. The highest BCUT2D eigenvalue weighted by atomic mass is 32.2. The van der Waals surface area contributed by atoms with E-state index in [2.05, 4.69) is 23.3 Å². The number of nitrogens with one attached hydrogen (secondary N) is 1. The van der Waals surface area contributed by atoms with Gasteiger partial charge in [-0.3, -0.25) is 4.98 Å². The fourth-order valence-electron chi connectivity index (χ4n) is 2.39. The third kappa shape index (κ3) is 3.39. The van der Waals surface area contributed by atoms with E-state index in [1.807, 2.05) is 25.0 Å². The number of pyridine rings is 1. The van der Waals surface area contributed by atoms with Crippen LogP contribution >= 0.6 is 11.8 Å². The van der Waals surface area contributed by atoms with Gasteiger partial charge in [0.15, 0.2) is 0 Å². The first kappa shape index (κ1) is 13.7. The van der Waals surface area contributed by atoms with Crippen LogP contribution in [0.2, 0.25) is 0 Å². The Morgan fingerprint density at radius 2 is 2.44 bits per heavy atom. The second kappa shape index (κ2) is 7.00. The van der Waals surface area contributed by atoms with Crippen LogP contribution in [0.25, 0.3) is 0 Å². The minimum atomic E-state index is 0.401. The minimum Gasteiger partial charge on any atom is -0.492 e. The van der Waals surface area contributed by atoms with E-state index in [1.165, 1.54) is 23.5 Å². The molecule has 2 atom stereocenters. The molecule has 1 N–H and O–H groups in total. The summed E-state index contributed by atoms with van der Waals surface area (Å²) in [6, 6.07) is 2.53. The molecule has 0 bridgehead atoms. The van der Waals surface area contributed by atoms with Crippen molar-refractivity contribution in [3.63, 3.8) is 0 Å². The molecule has 1 aromatic heterocycles. The molecular formula is C14H22N2OS. The largest absolute Gasteiger partial charge is 0.492 e. The third-order valence-electron chi connectivity index (χ3n) is 3.31. The van der Waals surface area contributed by atoms with E-state index >= 15 is 0 Å². The number of hydrogen-bond acceptors (Lipinski definition) is 4. The second-order valence-corrected chi connectivity index (χ2v) is 5.84. The van der Waals surface area contributed by atoms with Crippen molar-refractivity contribution in [2.45, 2.75) is 25.8 Å². The topological polar surface area (TPSA) is 34.1 Å². The summed E-state index contributed by atoms with van der Waals surface area (Å²) in [6.45, 7) is 2.87. The lowest BCUT2D eigenvalue weighted by Gasteiger charge is -2.23. The van der Waals surface area contributed by atoms with Gasteiger partial charge in [-0.15, -0.1) is 0 Å². The monoisotopic (exact) mass is 266 g/mol. The molecule has 2 unspecified atom stereocenters. The quantitative estimate of drug-likeness (QED) is 0.858. The average molecular weight is 266 g/mol. The van der Waals surface area contributed by atoms with E-state index in [1.54, 1.807) is 6.20 Å². The zero-order chi connectivity index (χ0) is 12.8. The first-order chi connectivity index (χ1) is 8.85. The fourth-order valence-corrected chi connectivity index (χ4v) is 3.69. The lowest BCUT2D eigenvalue weighted by atomic mass is 9.93. The van der Waals surface area contributed by atoms with Crippen molar-refractivity contribution in [1.29, 1.82) is 0 Å². The summed E-state index contributed by atoms with van der Waals surface area (Å²) in [5.74, 6) is 4.12. The van der Waals surface area contributed by atoms with E-state index in [4.69, 9.17) is 4.74 Å². The summed E-state index contributed by atoms with van der Waals surface area (Å²) in [5.41, 5.74) is 1.25. The zero-order valence-electron chi connectivity index (χ0n) is 11.2. The first-order valence-electron chi connectivity index (χ1n) is 6.68. The Labute approximate surface area is 114 Å². The number of nitrogens with zero attached hydrogens (tertiary/aromatic N) is 1. The molecule has 18 heavy (non-hydrogen) atoms. The van der Waals surface area contributed by atoms with Gasteiger partial charge in [-0.25, -0.2) is 0 Å². The highest BCUT2D eigenvalue weighted by Crippen LogP contribution is 2.34. The molecule has 2 heterocycles. The molecule has 1 aliphatic rings. The Kier molecular flexibility index (Phi) is 5.32. The molecular weight excluding hydrogens is 244 g/mol. The standard InChI is InChI=1S/C14H22N2OS/c1-3-5-17-13-7-12(8-16-9-13)14(15-2)11-4-6-18-10-11/h7-9,11,14-15H,3-6,10H2,1-2H3.